The van der Waals surface area contributed by atoms with Crippen LogP contribution in [-0.4, -0.2) is 57.4 Å². The SMILES string of the molecule is Cc1ccc(SCC(O)CO)c(SCC(O)CO)c1. The summed E-state index contributed by atoms with van der Waals surface area (Å²) in [5, 5.41) is 36.4. The van der Waals surface area contributed by atoms with Crippen LogP contribution in [0, 0.1) is 6.92 Å². The Balaban J connectivity index is 2.68. The van der Waals surface area contributed by atoms with Crippen molar-refractivity contribution in [3.63, 3.8) is 0 Å². The van der Waals surface area contributed by atoms with Crippen LogP contribution >= 0.6 is 23.5 Å². The number of aliphatic hydroxyl groups excluding tert-OH is 4. The zero-order valence-electron chi connectivity index (χ0n) is 10.8. The topological polar surface area (TPSA) is 80.9 Å². The molecule has 4 nitrogen and oxygen atoms in total. The largest absolute Gasteiger partial charge is 0.394 e. The molecular weight excluding hydrogens is 284 g/mol. The molecule has 0 aliphatic rings. The van der Waals surface area contributed by atoms with Crippen LogP contribution < -0.4 is 0 Å². The second kappa shape index (κ2) is 8.84. The van der Waals surface area contributed by atoms with E-state index < -0.39 is 12.2 Å². The molecule has 0 saturated heterocycles. The first-order valence-electron chi connectivity index (χ1n) is 6.01. The van der Waals surface area contributed by atoms with Gasteiger partial charge in [-0.2, -0.15) is 0 Å². The van der Waals surface area contributed by atoms with Gasteiger partial charge in [-0.25, -0.2) is 0 Å². The zero-order valence-corrected chi connectivity index (χ0v) is 12.5. The van der Waals surface area contributed by atoms with Crippen molar-refractivity contribution in [2.45, 2.75) is 28.9 Å². The monoisotopic (exact) mass is 304 g/mol. The molecule has 0 radical (unpaired) electrons. The Bertz CT molecular complexity index is 387. The molecule has 4 N–H and O–H groups in total. The van der Waals surface area contributed by atoms with Crippen molar-refractivity contribution in [2.24, 2.45) is 0 Å². The van der Waals surface area contributed by atoms with Gasteiger partial charge in [-0.05, 0) is 24.6 Å². The molecule has 2 unspecified atom stereocenters. The zero-order chi connectivity index (χ0) is 14.3. The molecule has 0 saturated carbocycles. The molecule has 108 valence electrons. The predicted molar refractivity (Wildman–Crippen MR) is 78.8 cm³/mol. The average molecular weight is 304 g/mol. The molecule has 0 fully saturated rings. The predicted octanol–water partition coefficient (Wildman–Crippen LogP) is 0.886. The average Bonchev–Trinajstić information content (AvgIpc) is 2.43. The maximum Gasteiger partial charge on any atom is 0.0864 e. The third-order valence-corrected chi connectivity index (χ3v) is 4.93. The third kappa shape index (κ3) is 6.16. The van der Waals surface area contributed by atoms with Gasteiger partial charge in [-0.1, -0.05) is 6.07 Å². The Morgan fingerprint density at radius 2 is 1.47 bits per heavy atom. The Kier molecular flexibility index (Phi) is 7.82. The van der Waals surface area contributed by atoms with E-state index in [9.17, 15) is 10.2 Å². The minimum Gasteiger partial charge on any atom is -0.394 e. The van der Waals surface area contributed by atoms with E-state index >= 15 is 0 Å². The molecular formula is C13H20O4S2. The van der Waals surface area contributed by atoms with E-state index in [1.807, 2.05) is 25.1 Å². The lowest BCUT2D eigenvalue weighted by atomic mass is 10.2. The molecule has 1 aromatic carbocycles. The molecule has 1 rings (SSSR count). The molecule has 0 spiro atoms. The second-order valence-electron chi connectivity index (χ2n) is 4.24. The number of hydrogen-bond acceptors (Lipinski definition) is 6. The number of hydrogen-bond donors (Lipinski definition) is 4. The summed E-state index contributed by atoms with van der Waals surface area (Å²) in [7, 11) is 0. The van der Waals surface area contributed by atoms with Crippen molar-refractivity contribution in [1.29, 1.82) is 0 Å². The highest BCUT2D eigenvalue weighted by molar-refractivity contribution is 8.02. The van der Waals surface area contributed by atoms with Crippen molar-refractivity contribution in [2.75, 3.05) is 24.7 Å². The summed E-state index contributed by atoms with van der Waals surface area (Å²) in [4.78, 5) is 2.02. The summed E-state index contributed by atoms with van der Waals surface area (Å²) in [5.41, 5.74) is 1.12. The maximum absolute atomic E-state index is 9.38. The quantitative estimate of drug-likeness (QED) is 0.534. The van der Waals surface area contributed by atoms with E-state index in [0.29, 0.717) is 11.5 Å². The summed E-state index contributed by atoms with van der Waals surface area (Å²) < 4.78 is 0. The maximum atomic E-state index is 9.38. The van der Waals surface area contributed by atoms with Crippen LogP contribution in [0.1, 0.15) is 5.56 Å². The van der Waals surface area contributed by atoms with Crippen LogP contribution in [0.15, 0.2) is 28.0 Å². The normalized spacial score (nSPS) is 14.4. The third-order valence-electron chi connectivity index (χ3n) is 2.38. The first-order chi connectivity index (χ1) is 9.06. The standard InChI is InChI=1S/C13H20O4S2/c1-9-2-3-12(18-7-10(16)5-14)13(4-9)19-8-11(17)6-15/h2-4,10-11,14-17H,5-8H2,1H3. The second-order valence-corrected chi connectivity index (χ2v) is 6.37. The van der Waals surface area contributed by atoms with Gasteiger partial charge in [-0.3, -0.25) is 0 Å². The number of thioether (sulfide) groups is 2. The Hall–Kier alpha value is -0.240. The van der Waals surface area contributed by atoms with E-state index in [-0.39, 0.29) is 13.2 Å². The van der Waals surface area contributed by atoms with Gasteiger partial charge in [0.05, 0.1) is 25.4 Å². The lowest BCUT2D eigenvalue weighted by molar-refractivity contribution is 0.113. The molecule has 0 aliphatic carbocycles. The summed E-state index contributed by atoms with van der Waals surface area (Å²) in [6.07, 6.45) is -1.46. The molecule has 2 atom stereocenters. The fraction of sp³-hybridized carbons (Fsp3) is 0.538. The van der Waals surface area contributed by atoms with Gasteiger partial charge < -0.3 is 20.4 Å². The molecule has 0 aliphatic heterocycles. The van der Waals surface area contributed by atoms with Gasteiger partial charge >= 0.3 is 0 Å². The van der Waals surface area contributed by atoms with Crippen molar-refractivity contribution in [3.05, 3.63) is 23.8 Å². The fourth-order valence-corrected chi connectivity index (χ4v) is 3.48. The van der Waals surface area contributed by atoms with Gasteiger partial charge in [0.25, 0.3) is 0 Å². The highest BCUT2D eigenvalue weighted by atomic mass is 32.2. The molecule has 0 aromatic heterocycles. The van der Waals surface area contributed by atoms with Crippen LogP contribution in [0.25, 0.3) is 0 Å². The molecule has 0 heterocycles. The summed E-state index contributed by atoms with van der Waals surface area (Å²) in [6, 6.07) is 5.97. The van der Waals surface area contributed by atoms with Crippen molar-refractivity contribution < 1.29 is 20.4 Å². The Morgan fingerprint density at radius 3 is 2.00 bits per heavy atom. The molecule has 0 bridgehead atoms. The van der Waals surface area contributed by atoms with Gasteiger partial charge in [0.1, 0.15) is 0 Å². The van der Waals surface area contributed by atoms with E-state index in [1.54, 1.807) is 0 Å². The minimum atomic E-state index is -0.730. The van der Waals surface area contributed by atoms with E-state index in [0.717, 1.165) is 15.4 Å². The fourth-order valence-electron chi connectivity index (χ4n) is 1.32. The highest BCUT2D eigenvalue weighted by Crippen LogP contribution is 2.32. The van der Waals surface area contributed by atoms with Gasteiger partial charge in [0, 0.05) is 21.3 Å². The molecule has 19 heavy (non-hydrogen) atoms. The first-order valence-corrected chi connectivity index (χ1v) is 7.98. The summed E-state index contributed by atoms with van der Waals surface area (Å²) in [5.74, 6) is 0.853. The number of aliphatic hydroxyl groups is 4. The van der Waals surface area contributed by atoms with E-state index in [2.05, 4.69) is 0 Å². The number of rotatable bonds is 8. The van der Waals surface area contributed by atoms with Crippen molar-refractivity contribution in [3.8, 4) is 0 Å². The molecule has 0 amide bonds. The lowest BCUT2D eigenvalue weighted by Gasteiger charge is -2.13. The van der Waals surface area contributed by atoms with E-state index in [1.165, 1.54) is 23.5 Å². The van der Waals surface area contributed by atoms with Gasteiger partial charge in [-0.15, -0.1) is 23.5 Å². The van der Waals surface area contributed by atoms with Crippen LogP contribution in [0.2, 0.25) is 0 Å². The van der Waals surface area contributed by atoms with Crippen LogP contribution in [0.4, 0.5) is 0 Å². The van der Waals surface area contributed by atoms with E-state index in [4.69, 9.17) is 10.2 Å². The Labute approximate surface area is 121 Å². The smallest absolute Gasteiger partial charge is 0.0864 e. The van der Waals surface area contributed by atoms with Crippen LogP contribution in [0.5, 0.6) is 0 Å². The molecule has 6 heteroatoms. The summed E-state index contributed by atoms with van der Waals surface area (Å²) >= 11 is 2.95. The van der Waals surface area contributed by atoms with Gasteiger partial charge in [0.2, 0.25) is 0 Å². The summed E-state index contributed by atoms with van der Waals surface area (Å²) in [6.45, 7) is 1.50. The number of aryl methyl sites for hydroxylation is 1. The minimum absolute atomic E-state index is 0.245. The lowest BCUT2D eigenvalue weighted by Crippen LogP contribution is -2.15. The molecule has 1 aromatic rings. The first kappa shape index (κ1) is 16.8. The van der Waals surface area contributed by atoms with Crippen molar-refractivity contribution in [1.82, 2.24) is 0 Å². The Morgan fingerprint density at radius 1 is 0.947 bits per heavy atom. The highest BCUT2D eigenvalue weighted by Gasteiger charge is 2.10. The van der Waals surface area contributed by atoms with Crippen molar-refractivity contribution >= 4 is 23.5 Å². The van der Waals surface area contributed by atoms with Gasteiger partial charge in [0.15, 0.2) is 0 Å². The van der Waals surface area contributed by atoms with Crippen LogP contribution in [-0.2, 0) is 0 Å². The number of benzene rings is 1. The van der Waals surface area contributed by atoms with Crippen LogP contribution in [0.3, 0.4) is 0 Å².